The zero-order chi connectivity index (χ0) is 13.3. The first-order valence-electron chi connectivity index (χ1n) is 6.37. The highest BCUT2D eigenvalue weighted by molar-refractivity contribution is 8.08. The van der Waals surface area contributed by atoms with E-state index in [4.69, 9.17) is 0 Å². The van der Waals surface area contributed by atoms with Gasteiger partial charge in [-0.2, -0.15) is 11.8 Å². The van der Waals surface area contributed by atoms with Crippen molar-refractivity contribution in [1.82, 2.24) is 0 Å². The molecule has 3 atom stereocenters. The molecule has 2 rings (SSSR count). The zero-order valence-electron chi connectivity index (χ0n) is 11.4. The van der Waals surface area contributed by atoms with E-state index >= 15 is 0 Å². The number of thioether (sulfide) groups is 2. The van der Waals surface area contributed by atoms with Gasteiger partial charge in [-0.1, -0.05) is 31.0 Å². The highest BCUT2D eigenvalue weighted by atomic mass is 32.2. The van der Waals surface area contributed by atoms with Gasteiger partial charge in [-0.25, -0.2) is 0 Å². The summed E-state index contributed by atoms with van der Waals surface area (Å²) in [5.41, 5.74) is 3.23. The molecule has 0 N–H and O–H groups in total. The van der Waals surface area contributed by atoms with Crippen molar-refractivity contribution in [2.75, 3.05) is 5.75 Å². The number of hydrogen-bond acceptors (Lipinski definition) is 3. The van der Waals surface area contributed by atoms with Crippen LogP contribution in [-0.4, -0.2) is 27.3 Å². The van der Waals surface area contributed by atoms with E-state index in [0.717, 1.165) is 11.3 Å². The molecule has 0 radical (unpaired) electrons. The predicted molar refractivity (Wildman–Crippen MR) is 83.0 cm³/mol. The quantitative estimate of drug-likeness (QED) is 0.759. The standard InChI is InChI=1S/C15H20OS2/c1-9-5-10(2)7-13(6-9)15(16)14-8-17-11(3)12(4)18-14/h5-7,11-12,14H,8H2,1-4H3. The summed E-state index contributed by atoms with van der Waals surface area (Å²) in [5, 5.41) is 1.34. The molecule has 0 amide bonds. The van der Waals surface area contributed by atoms with Gasteiger partial charge in [0.15, 0.2) is 5.78 Å². The van der Waals surface area contributed by atoms with E-state index in [1.54, 1.807) is 0 Å². The molecular weight excluding hydrogens is 260 g/mol. The van der Waals surface area contributed by atoms with Gasteiger partial charge in [-0.05, 0) is 26.0 Å². The van der Waals surface area contributed by atoms with E-state index in [-0.39, 0.29) is 5.25 Å². The van der Waals surface area contributed by atoms with Crippen molar-refractivity contribution in [1.29, 1.82) is 0 Å². The van der Waals surface area contributed by atoms with Gasteiger partial charge in [-0.15, -0.1) is 11.8 Å². The molecule has 1 aliphatic heterocycles. The molecule has 1 heterocycles. The van der Waals surface area contributed by atoms with Gasteiger partial charge < -0.3 is 0 Å². The fourth-order valence-corrected chi connectivity index (χ4v) is 5.10. The van der Waals surface area contributed by atoms with Crippen LogP contribution in [0.5, 0.6) is 0 Å². The third-order valence-corrected chi connectivity index (χ3v) is 6.74. The fourth-order valence-electron chi connectivity index (χ4n) is 2.22. The molecule has 1 nitrogen and oxygen atoms in total. The lowest BCUT2D eigenvalue weighted by Crippen LogP contribution is -2.31. The molecule has 98 valence electrons. The van der Waals surface area contributed by atoms with Gasteiger partial charge in [-0.3, -0.25) is 4.79 Å². The van der Waals surface area contributed by atoms with Crippen molar-refractivity contribution < 1.29 is 4.79 Å². The van der Waals surface area contributed by atoms with Crippen molar-refractivity contribution in [2.24, 2.45) is 0 Å². The Bertz CT molecular complexity index is 436. The molecule has 0 aliphatic carbocycles. The number of ketones is 1. The van der Waals surface area contributed by atoms with E-state index in [1.165, 1.54) is 11.1 Å². The molecular formula is C15H20OS2. The summed E-state index contributed by atoms with van der Waals surface area (Å²) in [7, 11) is 0. The number of benzene rings is 1. The molecule has 0 bridgehead atoms. The largest absolute Gasteiger partial charge is 0.293 e. The summed E-state index contributed by atoms with van der Waals surface area (Å²) >= 11 is 3.76. The van der Waals surface area contributed by atoms with Crippen LogP contribution in [0.25, 0.3) is 0 Å². The second kappa shape index (κ2) is 5.70. The first-order chi connectivity index (χ1) is 8.47. The maximum absolute atomic E-state index is 12.5. The Kier molecular flexibility index (Phi) is 4.44. The number of aryl methyl sites for hydroxylation is 2. The van der Waals surface area contributed by atoms with Crippen LogP contribution in [0.4, 0.5) is 0 Å². The van der Waals surface area contributed by atoms with Crippen LogP contribution in [0.3, 0.4) is 0 Å². The van der Waals surface area contributed by atoms with Crippen LogP contribution in [0.2, 0.25) is 0 Å². The first-order valence-corrected chi connectivity index (χ1v) is 8.36. The van der Waals surface area contributed by atoms with Gasteiger partial charge in [0.1, 0.15) is 0 Å². The topological polar surface area (TPSA) is 17.1 Å². The van der Waals surface area contributed by atoms with Crippen LogP contribution in [0.1, 0.15) is 35.3 Å². The van der Waals surface area contributed by atoms with Gasteiger partial charge in [0.05, 0.1) is 5.25 Å². The van der Waals surface area contributed by atoms with Gasteiger partial charge in [0, 0.05) is 21.8 Å². The zero-order valence-corrected chi connectivity index (χ0v) is 13.0. The minimum absolute atomic E-state index is 0.127. The molecule has 1 saturated heterocycles. The molecule has 0 saturated carbocycles. The van der Waals surface area contributed by atoms with E-state index in [0.29, 0.717) is 16.3 Å². The Morgan fingerprint density at radius 2 is 1.72 bits per heavy atom. The lowest BCUT2D eigenvalue weighted by molar-refractivity contribution is 0.0994. The van der Waals surface area contributed by atoms with Crippen LogP contribution >= 0.6 is 23.5 Å². The first kappa shape index (κ1) is 14.0. The molecule has 0 aromatic heterocycles. The van der Waals surface area contributed by atoms with E-state index < -0.39 is 0 Å². The molecule has 18 heavy (non-hydrogen) atoms. The van der Waals surface area contributed by atoms with Crippen molar-refractivity contribution in [3.05, 3.63) is 34.9 Å². The summed E-state index contributed by atoms with van der Waals surface area (Å²) in [6.07, 6.45) is 0. The van der Waals surface area contributed by atoms with Crippen molar-refractivity contribution in [2.45, 2.75) is 43.4 Å². The van der Waals surface area contributed by atoms with Crippen LogP contribution < -0.4 is 0 Å². The van der Waals surface area contributed by atoms with E-state index in [1.807, 2.05) is 35.7 Å². The fraction of sp³-hybridized carbons (Fsp3) is 0.533. The summed E-state index contributed by atoms with van der Waals surface area (Å²) in [6.45, 7) is 8.58. The summed E-state index contributed by atoms with van der Waals surface area (Å²) in [6, 6.07) is 6.15. The second-order valence-corrected chi connectivity index (χ2v) is 8.10. The van der Waals surface area contributed by atoms with Crippen LogP contribution in [0, 0.1) is 13.8 Å². The molecule has 1 aromatic carbocycles. The van der Waals surface area contributed by atoms with Crippen molar-refractivity contribution >= 4 is 29.3 Å². The monoisotopic (exact) mass is 280 g/mol. The van der Waals surface area contributed by atoms with Gasteiger partial charge in [0.25, 0.3) is 0 Å². The van der Waals surface area contributed by atoms with Crippen molar-refractivity contribution in [3.8, 4) is 0 Å². The average molecular weight is 280 g/mol. The Labute approximate surface area is 118 Å². The number of carbonyl (C=O) groups excluding carboxylic acids is 1. The summed E-state index contributed by atoms with van der Waals surface area (Å²) < 4.78 is 0. The number of Topliss-reactive ketones (excluding diaryl/α,β-unsaturated/α-hetero) is 1. The lowest BCUT2D eigenvalue weighted by Gasteiger charge is -2.30. The normalized spacial score (nSPS) is 28.1. The molecule has 3 heteroatoms. The molecule has 3 unspecified atom stereocenters. The molecule has 0 spiro atoms. The van der Waals surface area contributed by atoms with Gasteiger partial charge in [0.2, 0.25) is 0 Å². The predicted octanol–water partition coefficient (Wildman–Crippen LogP) is 4.11. The Morgan fingerprint density at radius 3 is 2.28 bits per heavy atom. The SMILES string of the molecule is Cc1cc(C)cc(C(=O)C2CSC(C)C(C)S2)c1. The summed E-state index contributed by atoms with van der Waals surface area (Å²) in [4.78, 5) is 12.5. The Hall–Kier alpha value is -0.410. The number of hydrogen-bond donors (Lipinski definition) is 0. The minimum Gasteiger partial charge on any atom is -0.293 e. The van der Waals surface area contributed by atoms with Gasteiger partial charge >= 0.3 is 0 Å². The second-order valence-electron chi connectivity index (χ2n) is 5.11. The smallest absolute Gasteiger partial charge is 0.176 e. The number of carbonyl (C=O) groups is 1. The summed E-state index contributed by atoms with van der Waals surface area (Å²) in [5.74, 6) is 1.25. The van der Waals surface area contributed by atoms with Crippen LogP contribution in [-0.2, 0) is 0 Å². The highest BCUT2D eigenvalue weighted by Gasteiger charge is 2.30. The molecule has 1 aliphatic rings. The Morgan fingerprint density at radius 1 is 1.11 bits per heavy atom. The maximum Gasteiger partial charge on any atom is 0.176 e. The van der Waals surface area contributed by atoms with E-state index in [9.17, 15) is 4.79 Å². The average Bonchev–Trinajstić information content (AvgIpc) is 2.30. The Balaban J connectivity index is 2.16. The third kappa shape index (κ3) is 3.12. The van der Waals surface area contributed by atoms with Crippen molar-refractivity contribution in [3.63, 3.8) is 0 Å². The minimum atomic E-state index is 0.127. The van der Waals surface area contributed by atoms with Crippen LogP contribution in [0.15, 0.2) is 18.2 Å². The lowest BCUT2D eigenvalue weighted by atomic mass is 10.0. The molecule has 1 aromatic rings. The highest BCUT2D eigenvalue weighted by Crippen LogP contribution is 2.37. The maximum atomic E-state index is 12.5. The third-order valence-electron chi connectivity index (χ3n) is 3.35. The van der Waals surface area contributed by atoms with E-state index in [2.05, 4.69) is 33.8 Å². The number of rotatable bonds is 2. The molecule has 1 fully saturated rings.